The Bertz CT molecular complexity index is 709. The van der Waals surface area contributed by atoms with Crippen LogP contribution in [-0.4, -0.2) is 23.0 Å². The number of benzene rings is 1. The first-order valence-electron chi connectivity index (χ1n) is 8.54. The second-order valence-corrected chi connectivity index (χ2v) is 6.53. The third-order valence-corrected chi connectivity index (χ3v) is 5.10. The van der Waals surface area contributed by atoms with Gasteiger partial charge in [0.25, 0.3) is 5.91 Å². The van der Waals surface area contributed by atoms with E-state index < -0.39 is 0 Å². The van der Waals surface area contributed by atoms with Gasteiger partial charge >= 0.3 is 0 Å². The van der Waals surface area contributed by atoms with Crippen LogP contribution in [-0.2, 0) is 0 Å². The van der Waals surface area contributed by atoms with Crippen LogP contribution in [0.4, 0.5) is 0 Å². The molecule has 4 nitrogen and oxygen atoms in total. The van der Waals surface area contributed by atoms with Gasteiger partial charge in [0.1, 0.15) is 0 Å². The van der Waals surface area contributed by atoms with Gasteiger partial charge in [-0.2, -0.15) is 0 Å². The maximum absolute atomic E-state index is 13.0. The van der Waals surface area contributed by atoms with E-state index in [1.54, 1.807) is 0 Å². The molecule has 1 amide bonds. The van der Waals surface area contributed by atoms with Gasteiger partial charge in [-0.3, -0.25) is 9.78 Å². The molecule has 0 atom stereocenters. The Hall–Kier alpha value is -1.94. The number of carbonyl (C=O) groups excluding carboxylic acids is 1. The molecule has 1 aliphatic carbocycles. The van der Waals surface area contributed by atoms with Crippen LogP contribution in [0.25, 0.3) is 10.9 Å². The summed E-state index contributed by atoms with van der Waals surface area (Å²) in [6.45, 7) is 4.58. The van der Waals surface area contributed by atoms with E-state index in [-0.39, 0.29) is 11.4 Å². The number of nitrogens with two attached hydrogens (primary N) is 1. The van der Waals surface area contributed by atoms with Gasteiger partial charge in [0.05, 0.1) is 16.6 Å². The van der Waals surface area contributed by atoms with Crippen LogP contribution in [0.3, 0.4) is 0 Å². The van der Waals surface area contributed by atoms with Crippen LogP contribution in [0, 0.1) is 0 Å². The van der Waals surface area contributed by atoms with E-state index in [2.05, 4.69) is 19.2 Å². The highest BCUT2D eigenvalue weighted by molar-refractivity contribution is 6.06. The van der Waals surface area contributed by atoms with Crippen molar-refractivity contribution in [2.24, 2.45) is 5.73 Å². The van der Waals surface area contributed by atoms with Gasteiger partial charge < -0.3 is 11.1 Å². The fraction of sp³-hybridized carbons (Fsp3) is 0.474. The molecule has 0 bridgehead atoms. The average molecular weight is 311 g/mol. The van der Waals surface area contributed by atoms with Gasteiger partial charge in [-0.05, 0) is 37.8 Å². The van der Waals surface area contributed by atoms with Crippen molar-refractivity contribution >= 4 is 16.8 Å². The Morgan fingerprint density at radius 3 is 2.61 bits per heavy atom. The molecule has 3 N–H and O–H groups in total. The molecule has 1 fully saturated rings. The third kappa shape index (κ3) is 3.08. The average Bonchev–Trinajstić information content (AvgIpc) is 3.44. The van der Waals surface area contributed by atoms with Crippen LogP contribution in [0.2, 0.25) is 0 Å². The maximum Gasteiger partial charge on any atom is 0.252 e. The second kappa shape index (κ2) is 6.28. The topological polar surface area (TPSA) is 68.0 Å². The van der Waals surface area contributed by atoms with Crippen LogP contribution < -0.4 is 11.1 Å². The van der Waals surface area contributed by atoms with E-state index in [1.807, 2.05) is 30.3 Å². The molecule has 1 saturated carbocycles. The van der Waals surface area contributed by atoms with E-state index in [1.165, 1.54) is 12.8 Å². The fourth-order valence-electron chi connectivity index (χ4n) is 3.05. The Labute approximate surface area is 137 Å². The van der Waals surface area contributed by atoms with Crippen molar-refractivity contribution in [3.05, 3.63) is 41.6 Å². The van der Waals surface area contributed by atoms with Crippen LogP contribution >= 0.6 is 0 Å². The summed E-state index contributed by atoms with van der Waals surface area (Å²) in [4.78, 5) is 17.7. The number of fused-ring (bicyclic) bond motifs is 1. The van der Waals surface area contributed by atoms with Crippen molar-refractivity contribution in [2.75, 3.05) is 6.54 Å². The lowest BCUT2D eigenvalue weighted by molar-refractivity contribution is 0.0897. The smallest absolute Gasteiger partial charge is 0.252 e. The highest BCUT2D eigenvalue weighted by atomic mass is 16.1. The van der Waals surface area contributed by atoms with Gasteiger partial charge in [-0.25, -0.2) is 0 Å². The molecule has 0 aliphatic heterocycles. The molecule has 1 heterocycles. The van der Waals surface area contributed by atoms with Crippen molar-refractivity contribution in [1.29, 1.82) is 0 Å². The number of nitrogens with zero attached hydrogens (tertiary/aromatic N) is 1. The molecular weight excluding hydrogens is 286 g/mol. The zero-order valence-corrected chi connectivity index (χ0v) is 13.9. The van der Waals surface area contributed by atoms with Crippen molar-refractivity contribution < 1.29 is 4.79 Å². The number of pyridine rings is 1. The molecule has 0 unspecified atom stereocenters. The number of nitrogens with one attached hydrogen (secondary N) is 1. The lowest BCUT2D eigenvalue weighted by atomic mass is 9.92. The Kier molecular flexibility index (Phi) is 4.35. The molecule has 1 aliphatic rings. The van der Waals surface area contributed by atoms with E-state index in [0.717, 1.165) is 35.0 Å². The minimum Gasteiger partial charge on any atom is -0.345 e. The number of rotatable bonds is 6. The van der Waals surface area contributed by atoms with Crippen molar-refractivity contribution in [1.82, 2.24) is 10.3 Å². The molecule has 4 heteroatoms. The van der Waals surface area contributed by atoms with Crippen LogP contribution in [0.15, 0.2) is 30.3 Å². The highest BCUT2D eigenvalue weighted by Crippen LogP contribution is 2.40. The highest BCUT2D eigenvalue weighted by Gasteiger charge is 2.30. The lowest BCUT2D eigenvalue weighted by Gasteiger charge is -2.31. The summed E-state index contributed by atoms with van der Waals surface area (Å²) in [6.07, 6.45) is 3.99. The predicted molar refractivity (Wildman–Crippen MR) is 93.6 cm³/mol. The first-order chi connectivity index (χ1) is 11.1. The quantitative estimate of drug-likeness (QED) is 0.859. The monoisotopic (exact) mass is 311 g/mol. The summed E-state index contributed by atoms with van der Waals surface area (Å²) in [7, 11) is 0. The van der Waals surface area contributed by atoms with Crippen LogP contribution in [0.5, 0.6) is 0 Å². The standard InChI is InChI=1S/C19H25N3O/c1-3-19(4-2,12-20)22-18(23)15-11-17(13-9-10-13)21-16-8-6-5-7-14(15)16/h5-8,11,13H,3-4,9-10,12,20H2,1-2H3,(H,22,23). The molecule has 122 valence electrons. The van der Waals surface area contributed by atoms with Crippen LogP contribution in [0.1, 0.15) is 61.5 Å². The minimum atomic E-state index is -0.332. The number of amides is 1. The predicted octanol–water partition coefficient (Wildman–Crippen LogP) is 3.36. The van der Waals surface area contributed by atoms with Gasteiger partial charge in [0.15, 0.2) is 0 Å². The summed E-state index contributed by atoms with van der Waals surface area (Å²) in [5, 5.41) is 4.09. The van der Waals surface area contributed by atoms with Gasteiger partial charge in [0, 0.05) is 23.5 Å². The number of hydrogen-bond donors (Lipinski definition) is 2. The molecule has 1 aromatic heterocycles. The zero-order valence-electron chi connectivity index (χ0n) is 13.9. The molecule has 2 aromatic rings. The number of aromatic nitrogens is 1. The zero-order chi connectivity index (χ0) is 16.4. The van der Waals surface area contributed by atoms with E-state index in [0.29, 0.717) is 12.5 Å². The normalized spacial score (nSPS) is 14.9. The second-order valence-electron chi connectivity index (χ2n) is 6.53. The largest absolute Gasteiger partial charge is 0.345 e. The summed E-state index contributed by atoms with van der Waals surface area (Å²) < 4.78 is 0. The number of hydrogen-bond acceptors (Lipinski definition) is 3. The molecule has 0 saturated heterocycles. The fourth-order valence-corrected chi connectivity index (χ4v) is 3.05. The van der Waals surface area contributed by atoms with Gasteiger partial charge in [-0.15, -0.1) is 0 Å². The Morgan fingerprint density at radius 2 is 2.00 bits per heavy atom. The van der Waals surface area contributed by atoms with Gasteiger partial charge in [0.2, 0.25) is 0 Å². The lowest BCUT2D eigenvalue weighted by Crippen LogP contribution is -2.52. The maximum atomic E-state index is 13.0. The summed E-state index contributed by atoms with van der Waals surface area (Å²) in [5.41, 5.74) is 8.25. The molecular formula is C19H25N3O. The number of carbonyl (C=O) groups is 1. The van der Waals surface area contributed by atoms with E-state index >= 15 is 0 Å². The van der Waals surface area contributed by atoms with Gasteiger partial charge in [-0.1, -0.05) is 32.0 Å². The van der Waals surface area contributed by atoms with Crippen molar-refractivity contribution in [3.63, 3.8) is 0 Å². The molecule has 1 aromatic carbocycles. The van der Waals surface area contributed by atoms with E-state index in [4.69, 9.17) is 10.7 Å². The molecule has 0 spiro atoms. The Morgan fingerprint density at radius 1 is 1.30 bits per heavy atom. The summed E-state index contributed by atoms with van der Waals surface area (Å²) in [5.74, 6) is 0.474. The molecule has 0 radical (unpaired) electrons. The van der Waals surface area contributed by atoms with Crippen molar-refractivity contribution in [3.8, 4) is 0 Å². The first-order valence-corrected chi connectivity index (χ1v) is 8.54. The summed E-state index contributed by atoms with van der Waals surface area (Å²) in [6, 6.07) is 9.84. The number of para-hydroxylation sites is 1. The van der Waals surface area contributed by atoms with E-state index in [9.17, 15) is 4.79 Å². The SMILES string of the molecule is CCC(CC)(CN)NC(=O)c1cc(C2CC2)nc2ccccc12. The molecule has 3 rings (SSSR count). The molecule has 23 heavy (non-hydrogen) atoms. The third-order valence-electron chi connectivity index (χ3n) is 5.10. The summed E-state index contributed by atoms with van der Waals surface area (Å²) >= 11 is 0. The van der Waals surface area contributed by atoms with Crippen molar-refractivity contribution in [2.45, 2.75) is 51.0 Å². The first kappa shape index (κ1) is 15.9. The minimum absolute atomic E-state index is 0.0420. The Balaban J connectivity index is 2.02.